The molecule has 5 rings (SSSR count). The van der Waals surface area contributed by atoms with E-state index in [0.717, 1.165) is 52.2 Å². The van der Waals surface area contributed by atoms with Gasteiger partial charge in [0.05, 0.1) is 5.60 Å². The summed E-state index contributed by atoms with van der Waals surface area (Å²) in [6.45, 7) is 20.6. The maximum atomic E-state index is 13.1. The summed E-state index contributed by atoms with van der Waals surface area (Å²) in [4.78, 5) is 87.2. The predicted octanol–water partition coefficient (Wildman–Crippen LogP) is 5.98. The summed E-state index contributed by atoms with van der Waals surface area (Å²) in [6, 6.07) is 0. The summed E-state index contributed by atoms with van der Waals surface area (Å²) >= 11 is 0. The van der Waals surface area contributed by atoms with Crippen molar-refractivity contribution in [2.24, 2.45) is 45.3 Å². The van der Waals surface area contributed by atoms with E-state index in [4.69, 9.17) is 37.9 Å². The van der Waals surface area contributed by atoms with E-state index in [9.17, 15) is 33.6 Å². The van der Waals surface area contributed by atoms with Gasteiger partial charge in [0.25, 0.3) is 0 Å². The molecule has 15 atom stereocenters. The minimum absolute atomic E-state index is 0.0954. The first-order chi connectivity index (χ1) is 27.8. The first kappa shape index (κ1) is 47.5. The zero-order chi connectivity index (χ0) is 44.7. The van der Waals surface area contributed by atoms with Gasteiger partial charge >= 0.3 is 35.8 Å². The van der Waals surface area contributed by atoms with E-state index in [1.807, 2.05) is 6.92 Å². The molecule has 0 aromatic rings. The van der Waals surface area contributed by atoms with Crippen molar-refractivity contribution >= 4 is 42.1 Å². The number of esters is 6. The Hall–Kier alpha value is -3.59. The maximum Gasteiger partial charge on any atom is 0.303 e. The third-order valence-corrected chi connectivity index (χ3v) is 15.8. The van der Waals surface area contributed by atoms with Crippen molar-refractivity contribution in [3.8, 4) is 0 Å². The number of hydrogen-bond acceptors (Lipinski definition) is 15. The minimum Gasteiger partial charge on any atom is -0.463 e. The molecule has 0 N–H and O–H groups in total. The average Bonchev–Trinajstić information content (AvgIpc) is 3.50. The van der Waals surface area contributed by atoms with Crippen LogP contribution in [0.5, 0.6) is 0 Å². The first-order valence-electron chi connectivity index (χ1n) is 21.6. The van der Waals surface area contributed by atoms with Crippen LogP contribution < -0.4 is 0 Å². The highest BCUT2D eigenvalue weighted by Crippen LogP contribution is 2.76. The Morgan fingerprint density at radius 3 is 1.80 bits per heavy atom. The van der Waals surface area contributed by atoms with Gasteiger partial charge in [0.1, 0.15) is 31.2 Å². The number of carbonyl (C=O) groups excluding carboxylic acids is 7. The second-order valence-electron chi connectivity index (χ2n) is 19.7. The summed E-state index contributed by atoms with van der Waals surface area (Å²) in [5.74, 6) is -3.75. The van der Waals surface area contributed by atoms with Crippen LogP contribution in [0.15, 0.2) is 0 Å². The van der Waals surface area contributed by atoms with Gasteiger partial charge in [-0.3, -0.25) is 28.8 Å². The number of fused-ring (bicyclic) bond motifs is 5. The molecule has 1 aliphatic heterocycles. The Bertz CT molecular complexity index is 1680. The molecule has 4 aliphatic carbocycles. The molecule has 0 amide bonds. The highest BCUT2D eigenvalue weighted by atomic mass is 16.7. The van der Waals surface area contributed by atoms with E-state index >= 15 is 0 Å². The van der Waals surface area contributed by atoms with Crippen molar-refractivity contribution < 1.29 is 71.5 Å². The fourth-order valence-electron chi connectivity index (χ4n) is 13.4. The summed E-state index contributed by atoms with van der Waals surface area (Å²) < 4.78 is 48.2. The number of ether oxygens (including phenoxy) is 8. The van der Waals surface area contributed by atoms with Gasteiger partial charge in [-0.2, -0.15) is 0 Å². The second-order valence-corrected chi connectivity index (χ2v) is 19.7. The molecule has 6 unspecified atom stereocenters. The number of carbonyl (C=O) groups is 7. The van der Waals surface area contributed by atoms with E-state index in [1.54, 1.807) is 0 Å². The van der Waals surface area contributed by atoms with Gasteiger partial charge < -0.3 is 42.7 Å². The van der Waals surface area contributed by atoms with Crippen LogP contribution in [0.25, 0.3) is 0 Å². The number of aldehydes is 1. The molecule has 338 valence electrons. The van der Waals surface area contributed by atoms with Gasteiger partial charge in [0.15, 0.2) is 24.6 Å². The summed E-state index contributed by atoms with van der Waals surface area (Å²) in [5.41, 5.74) is -2.21. The normalized spacial score (nSPS) is 40.2. The third kappa shape index (κ3) is 8.85. The number of hydrogen-bond donors (Lipinski definition) is 0. The molecule has 15 heteroatoms. The minimum atomic E-state index is -1.46. The summed E-state index contributed by atoms with van der Waals surface area (Å²) in [5, 5.41) is 0. The highest BCUT2D eigenvalue weighted by Gasteiger charge is 2.73. The molecule has 0 spiro atoms. The van der Waals surface area contributed by atoms with E-state index in [0.29, 0.717) is 12.8 Å². The van der Waals surface area contributed by atoms with Crippen molar-refractivity contribution in [3.05, 3.63) is 0 Å². The van der Waals surface area contributed by atoms with Crippen LogP contribution >= 0.6 is 0 Å². The molecular formula is C45H68O15. The Kier molecular flexibility index (Phi) is 14.0. The molecule has 5 fully saturated rings. The Labute approximate surface area is 354 Å². The molecule has 1 heterocycles. The molecular weight excluding hydrogens is 780 g/mol. The highest BCUT2D eigenvalue weighted by molar-refractivity contribution is 5.69. The smallest absolute Gasteiger partial charge is 0.303 e. The third-order valence-electron chi connectivity index (χ3n) is 15.8. The number of rotatable bonds is 13. The lowest BCUT2D eigenvalue weighted by Crippen LogP contribution is -2.67. The van der Waals surface area contributed by atoms with Crippen LogP contribution in [-0.4, -0.2) is 97.2 Å². The fraction of sp³-hybridized carbons (Fsp3) is 0.844. The zero-order valence-corrected chi connectivity index (χ0v) is 37.6. The van der Waals surface area contributed by atoms with Gasteiger partial charge in [-0.15, -0.1) is 0 Å². The molecule has 0 bridgehead atoms. The summed E-state index contributed by atoms with van der Waals surface area (Å²) in [6.07, 6.45) is -1.07. The molecule has 4 saturated carbocycles. The van der Waals surface area contributed by atoms with E-state index in [1.165, 1.54) is 27.7 Å². The average molecular weight is 849 g/mol. The molecule has 0 aromatic carbocycles. The van der Waals surface area contributed by atoms with Crippen molar-refractivity contribution in [2.75, 3.05) is 6.61 Å². The van der Waals surface area contributed by atoms with Crippen molar-refractivity contribution in [1.82, 2.24) is 0 Å². The SMILES string of the molecule is CC(=O)OC[C@H]1O[C@H](OC(C)(CCC=O)C2CC[C@]3(C)[C@@H]2C(OC(C)=O)CC2[C@@]4(C)CC[C@H](OC(C)=O)C(C)(C)C4CC[C@]23C)C(OC(C)=O)[C@@H](OC(C)=O)[C@@H]1OC(C)=O. The van der Waals surface area contributed by atoms with Gasteiger partial charge in [-0.05, 0) is 92.3 Å². The Balaban J connectivity index is 1.58. The predicted molar refractivity (Wildman–Crippen MR) is 212 cm³/mol. The molecule has 15 nitrogen and oxygen atoms in total. The Morgan fingerprint density at radius 2 is 1.23 bits per heavy atom. The zero-order valence-electron chi connectivity index (χ0n) is 37.6. The van der Waals surface area contributed by atoms with Gasteiger partial charge in [0.2, 0.25) is 0 Å². The standard InChI is InChI=1S/C45H68O15/c1-24(47)53-23-32-37(56-27(4)50)38(57-28(5)51)39(58-29(6)52)40(59-32)60-45(12,17-13-21-46)30-14-19-44(11)36(30)31(54-25(2)48)22-34-42(9)18-16-35(55-26(3)49)41(7,8)33(42)15-20-43(34,44)10/h21,30-40H,13-20,22-23H2,1-12H3/t30?,31?,32-,33?,34?,35+,36+,37-,38+,39?,40-,42+,43-,44-,45?/m1/s1. The lowest BCUT2D eigenvalue weighted by atomic mass is 9.35. The molecule has 0 aromatic heterocycles. The van der Waals surface area contributed by atoms with Crippen molar-refractivity contribution in [1.29, 1.82) is 0 Å². The van der Waals surface area contributed by atoms with Gasteiger partial charge in [0, 0.05) is 59.3 Å². The lowest BCUT2D eigenvalue weighted by molar-refractivity contribution is -0.339. The fourth-order valence-corrected chi connectivity index (χ4v) is 13.4. The van der Waals surface area contributed by atoms with Crippen LogP contribution in [0.4, 0.5) is 0 Å². The van der Waals surface area contributed by atoms with Crippen LogP contribution in [0, 0.1) is 45.3 Å². The largest absolute Gasteiger partial charge is 0.463 e. The Morgan fingerprint density at radius 1 is 0.667 bits per heavy atom. The van der Waals surface area contributed by atoms with Crippen molar-refractivity contribution in [3.63, 3.8) is 0 Å². The molecule has 60 heavy (non-hydrogen) atoms. The van der Waals surface area contributed by atoms with Crippen LogP contribution in [0.3, 0.4) is 0 Å². The van der Waals surface area contributed by atoms with Crippen LogP contribution in [0.1, 0.15) is 141 Å². The van der Waals surface area contributed by atoms with E-state index in [2.05, 4.69) is 34.6 Å². The molecule has 5 aliphatic rings. The van der Waals surface area contributed by atoms with E-state index in [-0.39, 0.29) is 70.2 Å². The van der Waals surface area contributed by atoms with Gasteiger partial charge in [-0.1, -0.05) is 34.6 Å². The maximum absolute atomic E-state index is 13.1. The topological polar surface area (TPSA) is 193 Å². The quantitative estimate of drug-likeness (QED) is 0.119. The first-order valence-corrected chi connectivity index (χ1v) is 21.6. The lowest BCUT2D eigenvalue weighted by Gasteiger charge is -2.70. The molecule has 0 radical (unpaired) electrons. The summed E-state index contributed by atoms with van der Waals surface area (Å²) in [7, 11) is 0. The van der Waals surface area contributed by atoms with Crippen molar-refractivity contribution in [2.45, 2.75) is 189 Å². The van der Waals surface area contributed by atoms with Crippen LogP contribution in [0.2, 0.25) is 0 Å². The van der Waals surface area contributed by atoms with Crippen LogP contribution in [-0.2, 0) is 71.5 Å². The van der Waals surface area contributed by atoms with Gasteiger partial charge in [-0.25, -0.2) is 0 Å². The van der Waals surface area contributed by atoms with E-state index < -0.39 is 78.9 Å². The monoisotopic (exact) mass is 848 g/mol. The second kappa shape index (κ2) is 17.6. The molecule has 1 saturated heterocycles.